The van der Waals surface area contributed by atoms with Gasteiger partial charge < -0.3 is 9.26 Å². The molecule has 1 aliphatic heterocycles. The van der Waals surface area contributed by atoms with Crippen LogP contribution < -0.4 is 4.74 Å². The lowest BCUT2D eigenvalue weighted by atomic mass is 10.1. The molecular formula is C20H23N5O2. The summed E-state index contributed by atoms with van der Waals surface area (Å²) in [4.78, 5) is 13.5. The van der Waals surface area contributed by atoms with Crippen LogP contribution in [0.5, 0.6) is 5.75 Å². The quantitative estimate of drug-likeness (QED) is 0.665. The van der Waals surface area contributed by atoms with Crippen molar-refractivity contribution in [3.63, 3.8) is 0 Å². The van der Waals surface area contributed by atoms with E-state index in [0.717, 1.165) is 44.2 Å². The van der Waals surface area contributed by atoms with E-state index in [9.17, 15) is 0 Å². The van der Waals surface area contributed by atoms with Crippen LogP contribution in [0, 0.1) is 0 Å². The number of ether oxygens (including phenoxy) is 1. The summed E-state index contributed by atoms with van der Waals surface area (Å²) in [6.07, 6.45) is 1.73. The van der Waals surface area contributed by atoms with E-state index in [0.29, 0.717) is 18.3 Å². The highest BCUT2D eigenvalue weighted by Crippen LogP contribution is 2.20. The minimum absolute atomic E-state index is 0.542. The van der Waals surface area contributed by atoms with Crippen molar-refractivity contribution in [1.29, 1.82) is 0 Å². The van der Waals surface area contributed by atoms with Gasteiger partial charge in [0.1, 0.15) is 11.4 Å². The number of hydrogen-bond donors (Lipinski definition) is 0. The number of pyridine rings is 1. The second kappa shape index (κ2) is 8.28. The molecule has 27 heavy (non-hydrogen) atoms. The molecule has 0 radical (unpaired) electrons. The Morgan fingerprint density at radius 3 is 2.44 bits per heavy atom. The smallest absolute Gasteiger partial charge is 0.241 e. The number of piperazine rings is 1. The van der Waals surface area contributed by atoms with Gasteiger partial charge in [-0.05, 0) is 18.2 Å². The lowest BCUT2D eigenvalue weighted by molar-refractivity contribution is 0.111. The van der Waals surface area contributed by atoms with E-state index in [4.69, 9.17) is 9.26 Å². The fourth-order valence-electron chi connectivity index (χ4n) is 3.29. The predicted octanol–water partition coefficient (Wildman–Crippen LogP) is 2.46. The van der Waals surface area contributed by atoms with Crippen LogP contribution in [0.1, 0.15) is 11.5 Å². The molecule has 0 unspecified atom stereocenters. The van der Waals surface area contributed by atoms with E-state index < -0.39 is 0 Å². The molecule has 0 amide bonds. The summed E-state index contributed by atoms with van der Waals surface area (Å²) in [6, 6.07) is 13.9. The van der Waals surface area contributed by atoms with E-state index >= 15 is 0 Å². The van der Waals surface area contributed by atoms with Crippen molar-refractivity contribution in [1.82, 2.24) is 24.9 Å². The molecule has 140 valence electrons. The van der Waals surface area contributed by atoms with Gasteiger partial charge in [-0.15, -0.1) is 0 Å². The summed E-state index contributed by atoms with van der Waals surface area (Å²) >= 11 is 0. The van der Waals surface area contributed by atoms with Crippen LogP contribution in [-0.2, 0) is 13.1 Å². The highest BCUT2D eigenvalue weighted by Gasteiger charge is 2.20. The van der Waals surface area contributed by atoms with Crippen molar-refractivity contribution >= 4 is 0 Å². The van der Waals surface area contributed by atoms with Crippen LogP contribution in [0.2, 0.25) is 0 Å². The predicted molar refractivity (Wildman–Crippen MR) is 101 cm³/mol. The molecule has 4 rings (SSSR count). The molecule has 1 saturated heterocycles. The molecule has 1 aliphatic rings. The second-order valence-electron chi connectivity index (χ2n) is 6.59. The lowest BCUT2D eigenvalue weighted by Crippen LogP contribution is -2.45. The molecule has 3 heterocycles. The Labute approximate surface area is 158 Å². The maximum Gasteiger partial charge on any atom is 0.241 e. The van der Waals surface area contributed by atoms with Crippen LogP contribution in [-0.4, -0.2) is 58.2 Å². The molecule has 1 aromatic carbocycles. The number of methoxy groups -OCH3 is 1. The van der Waals surface area contributed by atoms with Gasteiger partial charge in [-0.1, -0.05) is 29.4 Å². The van der Waals surface area contributed by atoms with Gasteiger partial charge in [-0.25, -0.2) is 0 Å². The molecule has 0 N–H and O–H groups in total. The molecule has 7 heteroatoms. The Morgan fingerprint density at radius 1 is 0.963 bits per heavy atom. The van der Waals surface area contributed by atoms with Gasteiger partial charge in [0, 0.05) is 44.5 Å². The van der Waals surface area contributed by atoms with Crippen molar-refractivity contribution < 1.29 is 9.26 Å². The van der Waals surface area contributed by atoms with Crippen molar-refractivity contribution in [3.05, 3.63) is 60.1 Å². The number of hydrogen-bond acceptors (Lipinski definition) is 7. The highest BCUT2D eigenvalue weighted by molar-refractivity contribution is 5.47. The van der Waals surface area contributed by atoms with E-state index in [2.05, 4.69) is 37.1 Å². The molecule has 1 fully saturated rings. The Balaban J connectivity index is 1.30. The number of aromatic nitrogens is 3. The van der Waals surface area contributed by atoms with Crippen molar-refractivity contribution in [2.75, 3.05) is 33.3 Å². The summed E-state index contributed by atoms with van der Waals surface area (Å²) in [6.45, 7) is 5.51. The van der Waals surface area contributed by atoms with Crippen molar-refractivity contribution in [2.45, 2.75) is 13.1 Å². The topological polar surface area (TPSA) is 67.5 Å². The first-order valence-electron chi connectivity index (χ1n) is 9.12. The third kappa shape index (κ3) is 4.32. The first-order chi connectivity index (χ1) is 13.3. The zero-order valence-electron chi connectivity index (χ0n) is 15.4. The van der Waals surface area contributed by atoms with E-state index in [1.165, 1.54) is 5.56 Å². The first-order valence-corrected chi connectivity index (χ1v) is 9.12. The zero-order valence-corrected chi connectivity index (χ0v) is 15.4. The van der Waals surface area contributed by atoms with Gasteiger partial charge in [-0.3, -0.25) is 14.8 Å². The van der Waals surface area contributed by atoms with Gasteiger partial charge in [-0.2, -0.15) is 4.98 Å². The van der Waals surface area contributed by atoms with Crippen LogP contribution >= 0.6 is 0 Å². The minimum Gasteiger partial charge on any atom is -0.496 e. The van der Waals surface area contributed by atoms with Gasteiger partial charge in [0.05, 0.1) is 13.7 Å². The van der Waals surface area contributed by atoms with Crippen molar-refractivity contribution in [2.24, 2.45) is 0 Å². The highest BCUT2D eigenvalue weighted by atomic mass is 16.5. The Kier molecular flexibility index (Phi) is 5.41. The van der Waals surface area contributed by atoms with Gasteiger partial charge in [0.15, 0.2) is 0 Å². The van der Waals surface area contributed by atoms with Crippen LogP contribution in [0.15, 0.2) is 53.2 Å². The minimum atomic E-state index is 0.542. The van der Waals surface area contributed by atoms with Crippen LogP contribution in [0.25, 0.3) is 11.5 Å². The molecular weight excluding hydrogens is 342 g/mol. The third-order valence-electron chi connectivity index (χ3n) is 4.77. The Morgan fingerprint density at radius 2 is 1.70 bits per heavy atom. The summed E-state index contributed by atoms with van der Waals surface area (Å²) in [5.41, 5.74) is 1.96. The normalized spacial score (nSPS) is 15.7. The Bertz CT molecular complexity index is 860. The third-order valence-corrected chi connectivity index (χ3v) is 4.77. The first kappa shape index (κ1) is 17.6. The lowest BCUT2D eigenvalue weighted by Gasteiger charge is -2.34. The summed E-state index contributed by atoms with van der Waals surface area (Å²) in [5, 5.41) is 4.04. The number of rotatable bonds is 6. The zero-order chi connectivity index (χ0) is 18.5. The van der Waals surface area contributed by atoms with Crippen LogP contribution in [0.3, 0.4) is 0 Å². The maximum atomic E-state index is 5.46. The Hall–Kier alpha value is -2.77. The fraction of sp³-hybridized carbons (Fsp3) is 0.350. The molecule has 0 aliphatic carbocycles. The van der Waals surface area contributed by atoms with E-state index in [-0.39, 0.29) is 0 Å². The molecule has 0 saturated carbocycles. The molecule has 7 nitrogen and oxygen atoms in total. The fourth-order valence-corrected chi connectivity index (χ4v) is 3.29. The monoisotopic (exact) mass is 365 g/mol. The van der Waals surface area contributed by atoms with E-state index in [1.54, 1.807) is 13.3 Å². The maximum absolute atomic E-state index is 5.46. The van der Waals surface area contributed by atoms with E-state index in [1.807, 2.05) is 30.3 Å². The molecule has 2 aromatic heterocycles. The van der Waals surface area contributed by atoms with Crippen molar-refractivity contribution in [3.8, 4) is 17.3 Å². The standard InChI is InChI=1S/C20H23N5O2/c1-26-18-8-3-2-6-16(18)14-24-10-12-25(13-11-24)15-19-22-20(23-27-19)17-7-4-5-9-21-17/h2-9H,10-15H2,1H3. The number of nitrogens with zero attached hydrogens (tertiary/aromatic N) is 5. The average Bonchev–Trinajstić information content (AvgIpc) is 3.19. The largest absolute Gasteiger partial charge is 0.496 e. The van der Waals surface area contributed by atoms with Crippen LogP contribution in [0.4, 0.5) is 0 Å². The number of para-hydroxylation sites is 1. The molecule has 0 atom stereocenters. The number of benzene rings is 1. The average molecular weight is 365 g/mol. The summed E-state index contributed by atoms with van der Waals surface area (Å²) in [5.74, 6) is 2.13. The van der Waals surface area contributed by atoms with Gasteiger partial charge >= 0.3 is 0 Å². The van der Waals surface area contributed by atoms with Gasteiger partial charge in [0.25, 0.3) is 0 Å². The SMILES string of the molecule is COc1ccccc1CN1CCN(Cc2nc(-c3ccccn3)no2)CC1. The summed E-state index contributed by atoms with van der Waals surface area (Å²) in [7, 11) is 1.72. The molecule has 3 aromatic rings. The second-order valence-corrected chi connectivity index (χ2v) is 6.59. The molecule has 0 spiro atoms. The van der Waals surface area contributed by atoms with Gasteiger partial charge in [0.2, 0.25) is 11.7 Å². The molecule has 0 bridgehead atoms. The summed E-state index contributed by atoms with van der Waals surface area (Å²) < 4.78 is 10.9.